The Labute approximate surface area is 189 Å². The van der Waals surface area contributed by atoms with Crippen LogP contribution < -0.4 is 0 Å². The van der Waals surface area contributed by atoms with Gasteiger partial charge in [-0.05, 0) is 103 Å². The molecule has 5 rings (SSSR count). The van der Waals surface area contributed by atoms with E-state index in [1.54, 1.807) is 0 Å². The maximum absolute atomic E-state index is 11.5. The zero-order valence-corrected chi connectivity index (χ0v) is 20.0. The number of hydrogen-bond donors (Lipinski definition) is 2. The molecule has 4 aliphatic rings. The monoisotopic (exact) mass is 422 g/mol. The molecule has 31 heavy (non-hydrogen) atoms. The Balaban J connectivity index is 1.40. The smallest absolute Gasteiger partial charge is 0.0809 e. The molecule has 1 aromatic rings. The molecule has 0 unspecified atom stereocenters. The second-order valence-electron chi connectivity index (χ2n) is 12.3. The molecule has 4 saturated carbocycles. The molecule has 0 heterocycles. The van der Waals surface area contributed by atoms with Gasteiger partial charge in [0.15, 0.2) is 0 Å². The van der Waals surface area contributed by atoms with Gasteiger partial charge in [-0.2, -0.15) is 0 Å². The van der Waals surface area contributed by atoms with E-state index in [9.17, 15) is 10.2 Å². The summed E-state index contributed by atoms with van der Waals surface area (Å²) in [6.45, 7) is 9.39. The van der Waals surface area contributed by atoms with Crippen molar-refractivity contribution in [1.29, 1.82) is 0 Å². The van der Waals surface area contributed by atoms with E-state index in [1.807, 2.05) is 0 Å². The zero-order valence-electron chi connectivity index (χ0n) is 20.0. The van der Waals surface area contributed by atoms with Gasteiger partial charge in [0.05, 0.1) is 12.2 Å². The number of aliphatic hydroxyl groups is 2. The highest BCUT2D eigenvalue weighted by Gasteiger charge is 2.61. The predicted molar refractivity (Wildman–Crippen MR) is 128 cm³/mol. The Kier molecular flexibility index (Phi) is 5.42. The van der Waals surface area contributed by atoms with Crippen LogP contribution >= 0.6 is 0 Å². The fraction of sp³-hybridized carbons (Fsp3) is 0.724. The summed E-state index contributed by atoms with van der Waals surface area (Å²) in [5, 5.41) is 21.7. The van der Waals surface area contributed by atoms with E-state index in [1.165, 1.54) is 42.4 Å². The fourth-order valence-corrected chi connectivity index (χ4v) is 8.43. The Morgan fingerprint density at radius 1 is 0.903 bits per heavy atom. The fourth-order valence-electron chi connectivity index (χ4n) is 8.43. The summed E-state index contributed by atoms with van der Waals surface area (Å²) in [6, 6.07) is 8.93. The zero-order chi connectivity index (χ0) is 22.0. The number of hydrogen-bond acceptors (Lipinski definition) is 2. The maximum Gasteiger partial charge on any atom is 0.0809 e. The van der Waals surface area contributed by atoms with Crippen LogP contribution in [-0.4, -0.2) is 22.4 Å². The van der Waals surface area contributed by atoms with Crippen LogP contribution in [0.5, 0.6) is 0 Å². The van der Waals surface area contributed by atoms with E-state index in [2.05, 4.69) is 58.0 Å². The summed E-state index contributed by atoms with van der Waals surface area (Å²) in [7, 11) is 0. The highest BCUT2D eigenvalue weighted by molar-refractivity contribution is 5.56. The molecule has 0 spiro atoms. The molecule has 0 bridgehead atoms. The van der Waals surface area contributed by atoms with E-state index in [4.69, 9.17) is 0 Å². The first-order valence-corrected chi connectivity index (χ1v) is 12.9. The molecular formula is C29H42O2. The Morgan fingerprint density at radius 2 is 1.61 bits per heavy atom. The van der Waals surface area contributed by atoms with Crippen LogP contribution in [0.2, 0.25) is 0 Å². The highest BCUT2D eigenvalue weighted by atomic mass is 16.3. The minimum atomic E-state index is -0.304. The molecule has 4 fully saturated rings. The largest absolute Gasteiger partial charge is 0.393 e. The summed E-state index contributed by atoms with van der Waals surface area (Å²) in [5.74, 6) is 3.36. The lowest BCUT2D eigenvalue weighted by atomic mass is 9.45. The van der Waals surface area contributed by atoms with Crippen molar-refractivity contribution in [2.45, 2.75) is 97.2 Å². The molecule has 2 N–H and O–H groups in total. The second-order valence-corrected chi connectivity index (χ2v) is 12.3. The van der Waals surface area contributed by atoms with Gasteiger partial charge < -0.3 is 10.2 Å². The van der Waals surface area contributed by atoms with E-state index in [0.717, 1.165) is 37.5 Å². The van der Waals surface area contributed by atoms with E-state index < -0.39 is 0 Å². The van der Waals surface area contributed by atoms with Gasteiger partial charge in [0.1, 0.15) is 0 Å². The van der Waals surface area contributed by atoms with Crippen molar-refractivity contribution in [2.24, 2.45) is 34.5 Å². The Morgan fingerprint density at radius 3 is 2.32 bits per heavy atom. The minimum Gasteiger partial charge on any atom is -0.393 e. The molecule has 0 amide bonds. The lowest BCUT2D eigenvalue weighted by Gasteiger charge is -2.60. The molecule has 2 nitrogen and oxygen atoms in total. The third-order valence-electron chi connectivity index (χ3n) is 10.5. The van der Waals surface area contributed by atoms with Crippen LogP contribution in [0.1, 0.15) is 96.1 Å². The second kappa shape index (κ2) is 7.73. The molecule has 0 aromatic heterocycles. The number of benzene rings is 1. The first kappa shape index (κ1) is 21.7. The van der Waals surface area contributed by atoms with Gasteiger partial charge in [0.25, 0.3) is 0 Å². The van der Waals surface area contributed by atoms with Crippen LogP contribution in [0.15, 0.2) is 29.8 Å². The van der Waals surface area contributed by atoms with Crippen molar-refractivity contribution in [2.75, 3.05) is 0 Å². The average molecular weight is 423 g/mol. The summed E-state index contributed by atoms with van der Waals surface area (Å²) in [4.78, 5) is 0. The first-order chi connectivity index (χ1) is 14.7. The third kappa shape index (κ3) is 3.44. The molecule has 170 valence electrons. The van der Waals surface area contributed by atoms with Gasteiger partial charge in [-0.25, -0.2) is 0 Å². The van der Waals surface area contributed by atoms with Crippen LogP contribution in [0.3, 0.4) is 0 Å². The average Bonchev–Trinajstić information content (AvgIpc) is 2.99. The summed E-state index contributed by atoms with van der Waals surface area (Å²) >= 11 is 0. The Hall–Kier alpha value is -1.12. The van der Waals surface area contributed by atoms with Gasteiger partial charge in [-0.15, -0.1) is 0 Å². The van der Waals surface area contributed by atoms with Crippen molar-refractivity contribution in [3.05, 3.63) is 41.0 Å². The predicted octanol–water partition coefficient (Wildman–Crippen LogP) is 6.57. The molecule has 1 aromatic carbocycles. The minimum absolute atomic E-state index is 0.0300. The van der Waals surface area contributed by atoms with Gasteiger partial charge in [0, 0.05) is 5.41 Å². The van der Waals surface area contributed by atoms with Crippen LogP contribution in [0.4, 0.5) is 0 Å². The SMILES string of the molecule is CC(C)c1ccc(/C=C2/C[C@@H]3[C@H]4CC[C@H]5C[C@@H](O)CC[C@]5(C)[C@@H]4CC[C@@]3(C)[C@@H]2O)cc1. The van der Waals surface area contributed by atoms with Crippen molar-refractivity contribution in [3.63, 3.8) is 0 Å². The van der Waals surface area contributed by atoms with Crippen molar-refractivity contribution in [1.82, 2.24) is 0 Å². The highest BCUT2D eigenvalue weighted by Crippen LogP contribution is 2.67. The van der Waals surface area contributed by atoms with Crippen molar-refractivity contribution >= 4 is 6.08 Å². The Bertz CT molecular complexity index is 839. The first-order valence-electron chi connectivity index (χ1n) is 12.9. The lowest BCUT2D eigenvalue weighted by molar-refractivity contribution is -0.133. The molecule has 8 atom stereocenters. The normalized spacial score (nSPS) is 46.0. The van der Waals surface area contributed by atoms with E-state index in [-0.39, 0.29) is 17.6 Å². The molecule has 0 radical (unpaired) electrons. The van der Waals surface area contributed by atoms with Crippen LogP contribution in [-0.2, 0) is 0 Å². The van der Waals surface area contributed by atoms with E-state index >= 15 is 0 Å². The summed E-state index contributed by atoms with van der Waals surface area (Å²) < 4.78 is 0. The molecule has 2 heteroatoms. The van der Waals surface area contributed by atoms with Crippen LogP contribution in [0.25, 0.3) is 6.08 Å². The van der Waals surface area contributed by atoms with E-state index in [0.29, 0.717) is 23.2 Å². The van der Waals surface area contributed by atoms with Gasteiger partial charge in [0.2, 0.25) is 0 Å². The summed E-state index contributed by atoms with van der Waals surface area (Å²) in [5.41, 5.74) is 4.29. The molecule has 0 saturated heterocycles. The summed E-state index contributed by atoms with van der Waals surface area (Å²) in [6.07, 6.45) is 11.1. The van der Waals surface area contributed by atoms with Gasteiger partial charge in [-0.3, -0.25) is 0 Å². The number of fused-ring (bicyclic) bond motifs is 5. The molecular weight excluding hydrogens is 380 g/mol. The van der Waals surface area contributed by atoms with Gasteiger partial charge >= 0.3 is 0 Å². The van der Waals surface area contributed by atoms with Crippen molar-refractivity contribution in [3.8, 4) is 0 Å². The number of aliphatic hydroxyl groups excluding tert-OH is 2. The topological polar surface area (TPSA) is 40.5 Å². The standard InChI is InChI=1S/C29H42O2/c1-18(2)20-7-5-19(6-8-20)15-21-16-26-24-10-9-22-17-23(30)11-13-28(22,3)25(24)12-14-29(26,4)27(21)31/h5-8,15,18,22-27,30-31H,9-14,16-17H2,1-4H3/b21-15-/t22-,23-,24-,25+,26+,27+,28-,29+/m0/s1. The third-order valence-corrected chi connectivity index (χ3v) is 10.5. The lowest BCUT2D eigenvalue weighted by Crippen LogP contribution is -2.54. The van der Waals surface area contributed by atoms with Gasteiger partial charge in [-0.1, -0.05) is 58.0 Å². The molecule has 0 aliphatic heterocycles. The number of rotatable bonds is 2. The van der Waals surface area contributed by atoms with Crippen molar-refractivity contribution < 1.29 is 10.2 Å². The maximum atomic E-state index is 11.5. The van der Waals surface area contributed by atoms with Crippen LogP contribution in [0, 0.1) is 34.5 Å². The molecule has 4 aliphatic carbocycles. The quantitative estimate of drug-likeness (QED) is 0.566.